The van der Waals surface area contributed by atoms with Crippen LogP contribution in [0.15, 0.2) is 24.3 Å². The smallest absolute Gasteiger partial charge is 0.330 e. The Morgan fingerprint density at radius 1 is 1.27 bits per heavy atom. The topological polar surface area (TPSA) is 63.7 Å². The van der Waals surface area contributed by atoms with Gasteiger partial charge in [0, 0.05) is 8.27 Å². The van der Waals surface area contributed by atoms with Crippen LogP contribution in [-0.4, -0.2) is 22.8 Å². The van der Waals surface area contributed by atoms with Crippen molar-refractivity contribution in [2.24, 2.45) is 0 Å². The molecular formula is C10H7NO4. The molecule has 0 unspecified atom stereocenters. The molecule has 15 heavy (non-hydrogen) atoms. The zero-order valence-corrected chi connectivity index (χ0v) is 7.60. The fourth-order valence-electron chi connectivity index (χ4n) is 1.35. The van der Waals surface area contributed by atoms with Crippen molar-refractivity contribution in [3.63, 3.8) is 0 Å². The Kier molecular flexibility index (Phi) is 1.74. The molecule has 0 bridgehead atoms. The number of fused-ring (bicyclic) bond motifs is 1. The number of benzene rings is 1. The molecule has 5 nitrogen and oxygen atoms in total. The van der Waals surface area contributed by atoms with Crippen LogP contribution in [0.4, 0.5) is 0 Å². The highest BCUT2D eigenvalue weighted by Gasteiger charge is 2.37. The second-order valence-electron chi connectivity index (χ2n) is 2.91. The van der Waals surface area contributed by atoms with Gasteiger partial charge in [0.15, 0.2) is 0 Å². The zero-order chi connectivity index (χ0) is 11.7. The Hall–Kier alpha value is -2.17. The summed E-state index contributed by atoms with van der Waals surface area (Å²) >= 11 is 0. The summed E-state index contributed by atoms with van der Waals surface area (Å²) in [5.74, 6) is -2.31. The van der Waals surface area contributed by atoms with Gasteiger partial charge in [-0.25, -0.2) is 4.79 Å². The molecule has 1 aliphatic heterocycles. The van der Waals surface area contributed by atoms with Gasteiger partial charge in [0.1, 0.15) is 0 Å². The van der Waals surface area contributed by atoms with Crippen molar-refractivity contribution in [2.45, 2.75) is 6.90 Å². The maximum absolute atomic E-state index is 11.6. The van der Waals surface area contributed by atoms with Gasteiger partial charge in [-0.3, -0.25) is 9.59 Å². The van der Waals surface area contributed by atoms with Crippen molar-refractivity contribution in [1.82, 2.24) is 5.06 Å². The van der Waals surface area contributed by atoms with E-state index in [4.69, 9.17) is 1.37 Å². The third-order valence-electron chi connectivity index (χ3n) is 1.95. The standard InChI is InChI=1S/C10H7NO4/c1-6(12)15-11-9(13)7-4-2-3-5-8(7)10(11)14/h2-5H,1H3/i1D. The molecule has 0 spiro atoms. The van der Waals surface area contributed by atoms with Crippen molar-refractivity contribution >= 4 is 17.8 Å². The van der Waals surface area contributed by atoms with E-state index in [1.807, 2.05) is 0 Å². The summed E-state index contributed by atoms with van der Waals surface area (Å²) in [6, 6.07) is 6.17. The lowest BCUT2D eigenvalue weighted by molar-refractivity contribution is -0.165. The van der Waals surface area contributed by atoms with Gasteiger partial charge in [-0.1, -0.05) is 17.2 Å². The fraction of sp³-hybridized carbons (Fsp3) is 0.100. The minimum atomic E-state index is -0.950. The Balaban J connectivity index is 2.32. The average Bonchev–Trinajstić information content (AvgIpc) is 2.55. The van der Waals surface area contributed by atoms with Crippen LogP contribution in [0.5, 0.6) is 0 Å². The van der Waals surface area contributed by atoms with Gasteiger partial charge < -0.3 is 4.84 Å². The van der Waals surface area contributed by atoms with Crippen molar-refractivity contribution in [3.05, 3.63) is 35.4 Å². The van der Waals surface area contributed by atoms with Gasteiger partial charge in [-0.2, -0.15) is 0 Å². The third-order valence-corrected chi connectivity index (χ3v) is 1.95. The van der Waals surface area contributed by atoms with E-state index in [9.17, 15) is 14.4 Å². The lowest BCUT2D eigenvalue weighted by Crippen LogP contribution is -2.31. The summed E-state index contributed by atoms with van der Waals surface area (Å²) in [6.07, 6.45) is 0. The molecule has 0 saturated heterocycles. The van der Waals surface area contributed by atoms with Crippen molar-refractivity contribution < 1.29 is 20.6 Å². The molecule has 0 radical (unpaired) electrons. The Labute approximate surface area is 86.6 Å². The highest BCUT2D eigenvalue weighted by molar-refractivity contribution is 6.20. The monoisotopic (exact) mass is 206 g/mol. The first-order valence-corrected chi connectivity index (χ1v) is 4.13. The predicted molar refractivity (Wildman–Crippen MR) is 48.7 cm³/mol. The molecule has 1 aromatic rings. The quantitative estimate of drug-likeness (QED) is 0.636. The maximum atomic E-state index is 11.6. The zero-order valence-electron chi connectivity index (χ0n) is 8.60. The number of imide groups is 1. The Morgan fingerprint density at radius 3 is 2.27 bits per heavy atom. The van der Waals surface area contributed by atoms with Crippen LogP contribution in [-0.2, 0) is 9.63 Å². The van der Waals surface area contributed by atoms with E-state index < -0.39 is 24.7 Å². The molecule has 5 heteroatoms. The molecule has 2 amide bonds. The number of rotatable bonds is 1. The number of hydrogen-bond acceptors (Lipinski definition) is 4. The van der Waals surface area contributed by atoms with Crippen LogP contribution in [0.2, 0.25) is 0 Å². The lowest BCUT2D eigenvalue weighted by atomic mass is 10.1. The van der Waals surface area contributed by atoms with Crippen LogP contribution in [0.25, 0.3) is 0 Å². The highest BCUT2D eigenvalue weighted by atomic mass is 16.7. The number of hydrogen-bond donors (Lipinski definition) is 0. The predicted octanol–water partition coefficient (Wildman–Crippen LogP) is 0.761. The van der Waals surface area contributed by atoms with Crippen LogP contribution in [0.3, 0.4) is 0 Å². The fourth-order valence-corrected chi connectivity index (χ4v) is 1.35. The van der Waals surface area contributed by atoms with Crippen molar-refractivity contribution in [1.29, 1.82) is 0 Å². The van der Waals surface area contributed by atoms with E-state index in [0.29, 0.717) is 5.06 Å². The summed E-state index contributed by atoms with van der Waals surface area (Å²) in [5, 5.41) is 0.390. The Morgan fingerprint density at radius 2 is 1.80 bits per heavy atom. The number of hydroxylamine groups is 2. The number of amides is 2. The van der Waals surface area contributed by atoms with Crippen molar-refractivity contribution in [2.75, 3.05) is 0 Å². The average molecular weight is 206 g/mol. The van der Waals surface area contributed by atoms with E-state index in [1.165, 1.54) is 12.1 Å². The van der Waals surface area contributed by atoms with Gasteiger partial charge in [0.2, 0.25) is 0 Å². The summed E-state index contributed by atoms with van der Waals surface area (Å²) < 4.78 is 6.74. The van der Waals surface area contributed by atoms with Gasteiger partial charge in [-0.05, 0) is 12.1 Å². The number of nitrogens with zero attached hydrogens (tertiary/aromatic N) is 1. The molecule has 76 valence electrons. The van der Waals surface area contributed by atoms with E-state index in [-0.39, 0.29) is 11.1 Å². The molecule has 0 atom stereocenters. The summed E-state index contributed by atoms with van der Waals surface area (Å²) in [7, 11) is 0. The van der Waals surface area contributed by atoms with Crippen LogP contribution >= 0.6 is 0 Å². The van der Waals surface area contributed by atoms with E-state index in [2.05, 4.69) is 4.84 Å². The minimum absolute atomic E-state index is 0.199. The SMILES string of the molecule is [2H]CC(=O)ON1C(=O)c2ccccc2C1=O. The number of carbonyl (C=O) groups excluding carboxylic acids is 3. The second-order valence-corrected chi connectivity index (χ2v) is 2.91. The summed E-state index contributed by atoms with van der Waals surface area (Å²) in [4.78, 5) is 38.6. The largest absolute Gasteiger partial charge is 0.330 e. The van der Waals surface area contributed by atoms with Crippen LogP contribution in [0.1, 0.15) is 29.0 Å². The third kappa shape index (κ3) is 1.38. The summed E-state index contributed by atoms with van der Waals surface area (Å²) in [6.45, 7) is -0.645. The molecule has 0 aliphatic carbocycles. The van der Waals surface area contributed by atoms with Crippen molar-refractivity contribution in [3.8, 4) is 0 Å². The number of carbonyl (C=O) groups is 3. The first kappa shape index (κ1) is 8.16. The van der Waals surface area contributed by atoms with Gasteiger partial charge in [0.25, 0.3) is 11.8 Å². The van der Waals surface area contributed by atoms with Crippen LogP contribution in [0, 0.1) is 0 Å². The molecule has 0 N–H and O–H groups in total. The molecular weight excluding hydrogens is 198 g/mol. The molecule has 1 aliphatic rings. The maximum Gasteiger partial charge on any atom is 0.330 e. The first-order valence-electron chi connectivity index (χ1n) is 4.83. The highest BCUT2D eigenvalue weighted by Crippen LogP contribution is 2.22. The van der Waals surface area contributed by atoms with E-state index >= 15 is 0 Å². The van der Waals surface area contributed by atoms with E-state index in [0.717, 1.165) is 0 Å². The molecule has 1 aromatic carbocycles. The molecule has 0 fully saturated rings. The molecule has 0 aromatic heterocycles. The van der Waals surface area contributed by atoms with Gasteiger partial charge >= 0.3 is 5.97 Å². The molecule has 0 saturated carbocycles. The Bertz CT molecular complexity index is 450. The van der Waals surface area contributed by atoms with E-state index in [1.54, 1.807) is 12.1 Å². The molecule has 2 rings (SSSR count). The second kappa shape index (κ2) is 3.20. The van der Waals surface area contributed by atoms with Gasteiger partial charge in [0.05, 0.1) is 11.1 Å². The van der Waals surface area contributed by atoms with Crippen LogP contribution < -0.4 is 0 Å². The lowest BCUT2D eigenvalue weighted by Gasteiger charge is -2.10. The first-order chi connectivity index (χ1) is 7.65. The summed E-state index contributed by atoms with van der Waals surface area (Å²) in [5.41, 5.74) is 0.399. The normalized spacial score (nSPS) is 14.9. The molecule has 1 heterocycles. The minimum Gasteiger partial charge on any atom is -0.330 e. The van der Waals surface area contributed by atoms with Gasteiger partial charge in [-0.15, -0.1) is 0 Å².